The minimum atomic E-state index is -1.51. The van der Waals surface area contributed by atoms with Crippen LogP contribution < -0.4 is 20.9 Å². The highest BCUT2D eigenvalue weighted by Gasteiger charge is 2.42. The molecule has 0 radical (unpaired) electrons. The van der Waals surface area contributed by atoms with Crippen molar-refractivity contribution in [3.05, 3.63) is 60.7 Å². The average Bonchev–Trinajstić information content (AvgIpc) is 2.61. The molecular formula is C19H22N2O4. The van der Waals surface area contributed by atoms with Crippen molar-refractivity contribution in [1.29, 1.82) is 0 Å². The molecule has 132 valence electrons. The summed E-state index contributed by atoms with van der Waals surface area (Å²) < 4.78 is 11.1. The van der Waals surface area contributed by atoms with Crippen molar-refractivity contribution in [3.8, 4) is 11.5 Å². The zero-order chi connectivity index (χ0) is 18.1. The molecule has 0 fully saturated rings. The summed E-state index contributed by atoms with van der Waals surface area (Å²) in [5.74, 6) is -0.251. The van der Waals surface area contributed by atoms with Crippen LogP contribution in [0, 0.1) is 5.41 Å². The normalized spacial score (nSPS) is 10.9. The van der Waals surface area contributed by atoms with E-state index in [1.165, 1.54) is 0 Å². The van der Waals surface area contributed by atoms with Crippen LogP contribution >= 0.6 is 0 Å². The van der Waals surface area contributed by atoms with Gasteiger partial charge in [-0.1, -0.05) is 36.4 Å². The lowest BCUT2D eigenvalue weighted by atomic mass is 9.80. The molecule has 2 aromatic rings. The van der Waals surface area contributed by atoms with Crippen LogP contribution in [0.1, 0.15) is 12.8 Å². The van der Waals surface area contributed by atoms with Crippen LogP contribution in [0.4, 0.5) is 0 Å². The maximum absolute atomic E-state index is 12.0. The van der Waals surface area contributed by atoms with Crippen molar-refractivity contribution >= 4 is 11.8 Å². The number of carbonyl (C=O) groups is 2. The van der Waals surface area contributed by atoms with Crippen LogP contribution in [0.2, 0.25) is 0 Å². The van der Waals surface area contributed by atoms with E-state index in [1.54, 1.807) is 24.3 Å². The first kappa shape index (κ1) is 18.3. The number of hydrogen-bond donors (Lipinski definition) is 2. The SMILES string of the molecule is NC(=O)C(CCOc1ccccc1)(CCOc1ccccc1)C(N)=O. The molecule has 0 saturated heterocycles. The Hall–Kier alpha value is -3.02. The maximum Gasteiger partial charge on any atom is 0.233 e. The van der Waals surface area contributed by atoms with Crippen molar-refractivity contribution in [1.82, 2.24) is 0 Å². The maximum atomic E-state index is 12.0. The van der Waals surface area contributed by atoms with Crippen molar-refractivity contribution in [3.63, 3.8) is 0 Å². The van der Waals surface area contributed by atoms with E-state index < -0.39 is 17.2 Å². The van der Waals surface area contributed by atoms with Crippen molar-refractivity contribution in [2.75, 3.05) is 13.2 Å². The second kappa shape index (κ2) is 8.73. The third-order valence-corrected chi connectivity index (χ3v) is 4.02. The monoisotopic (exact) mass is 342 g/mol. The molecule has 0 atom stereocenters. The molecule has 0 spiro atoms. The zero-order valence-electron chi connectivity index (χ0n) is 13.9. The Morgan fingerprint density at radius 2 is 1.08 bits per heavy atom. The predicted octanol–water partition coefficient (Wildman–Crippen LogP) is 1.88. The summed E-state index contributed by atoms with van der Waals surface area (Å²) >= 11 is 0. The molecule has 25 heavy (non-hydrogen) atoms. The summed E-state index contributed by atoms with van der Waals surface area (Å²) in [6.45, 7) is 0.280. The Kier molecular flexibility index (Phi) is 6.39. The number of rotatable bonds is 10. The van der Waals surface area contributed by atoms with Gasteiger partial charge in [0, 0.05) is 12.8 Å². The van der Waals surface area contributed by atoms with E-state index in [-0.39, 0.29) is 26.1 Å². The van der Waals surface area contributed by atoms with Gasteiger partial charge in [0.15, 0.2) is 0 Å². The summed E-state index contributed by atoms with van der Waals surface area (Å²) in [6.07, 6.45) is 0.176. The third kappa shape index (κ3) is 4.97. The number of hydrogen-bond acceptors (Lipinski definition) is 4. The van der Waals surface area contributed by atoms with Crippen LogP contribution in [-0.2, 0) is 9.59 Å². The molecule has 0 aliphatic carbocycles. The molecule has 0 aliphatic heterocycles. The lowest BCUT2D eigenvalue weighted by Crippen LogP contribution is -2.49. The van der Waals surface area contributed by atoms with Crippen LogP contribution in [0.15, 0.2) is 60.7 Å². The molecular weight excluding hydrogens is 320 g/mol. The number of amides is 2. The molecule has 2 rings (SSSR count). The average molecular weight is 342 g/mol. The molecule has 6 nitrogen and oxygen atoms in total. The molecule has 2 amide bonds. The third-order valence-electron chi connectivity index (χ3n) is 4.02. The van der Waals surface area contributed by atoms with Gasteiger partial charge in [-0.05, 0) is 24.3 Å². The molecule has 0 heterocycles. The van der Waals surface area contributed by atoms with Gasteiger partial charge in [0.25, 0.3) is 0 Å². The van der Waals surface area contributed by atoms with E-state index in [2.05, 4.69) is 0 Å². The van der Waals surface area contributed by atoms with Crippen LogP contribution in [0.5, 0.6) is 11.5 Å². The molecule has 6 heteroatoms. The molecule has 2 aromatic carbocycles. The number of primary amides is 2. The summed E-state index contributed by atoms with van der Waals surface area (Å²) in [7, 11) is 0. The van der Waals surface area contributed by atoms with Crippen LogP contribution in [-0.4, -0.2) is 25.0 Å². The minimum Gasteiger partial charge on any atom is -0.494 e. The van der Waals surface area contributed by atoms with Gasteiger partial charge >= 0.3 is 0 Å². The quantitative estimate of drug-likeness (QED) is 0.643. The van der Waals surface area contributed by atoms with Crippen molar-refractivity contribution in [2.24, 2.45) is 16.9 Å². The molecule has 0 aromatic heterocycles. The van der Waals surface area contributed by atoms with Crippen molar-refractivity contribution < 1.29 is 19.1 Å². The van der Waals surface area contributed by atoms with Gasteiger partial charge in [0.2, 0.25) is 11.8 Å². The summed E-state index contributed by atoms with van der Waals surface area (Å²) in [5, 5.41) is 0. The molecule has 4 N–H and O–H groups in total. The molecule has 0 unspecified atom stereocenters. The Bertz CT molecular complexity index is 628. The van der Waals surface area contributed by atoms with E-state index in [0.29, 0.717) is 11.5 Å². The zero-order valence-corrected chi connectivity index (χ0v) is 13.9. The van der Waals surface area contributed by atoms with Gasteiger partial charge in [-0.25, -0.2) is 0 Å². The van der Waals surface area contributed by atoms with E-state index in [0.717, 1.165) is 0 Å². The van der Waals surface area contributed by atoms with Gasteiger partial charge < -0.3 is 20.9 Å². The first-order valence-electron chi connectivity index (χ1n) is 8.00. The fourth-order valence-corrected chi connectivity index (χ4v) is 2.46. The second-order valence-electron chi connectivity index (χ2n) is 5.63. The van der Waals surface area contributed by atoms with Crippen molar-refractivity contribution in [2.45, 2.75) is 12.8 Å². The van der Waals surface area contributed by atoms with Gasteiger partial charge in [-0.3, -0.25) is 9.59 Å². The Morgan fingerprint density at radius 1 is 0.720 bits per heavy atom. The number of para-hydroxylation sites is 2. The van der Waals surface area contributed by atoms with E-state index >= 15 is 0 Å². The fourth-order valence-electron chi connectivity index (χ4n) is 2.46. The van der Waals surface area contributed by atoms with Crippen LogP contribution in [0.3, 0.4) is 0 Å². The number of carbonyl (C=O) groups excluding carboxylic acids is 2. The van der Waals surface area contributed by atoms with E-state index in [4.69, 9.17) is 20.9 Å². The summed E-state index contributed by atoms with van der Waals surface area (Å²) in [6, 6.07) is 18.2. The highest BCUT2D eigenvalue weighted by atomic mass is 16.5. The Balaban J connectivity index is 1.97. The Morgan fingerprint density at radius 3 is 1.40 bits per heavy atom. The molecule has 0 aliphatic rings. The highest BCUT2D eigenvalue weighted by molar-refractivity contribution is 6.03. The van der Waals surface area contributed by atoms with E-state index in [1.807, 2.05) is 36.4 Å². The van der Waals surface area contributed by atoms with Gasteiger partial charge in [0.05, 0.1) is 13.2 Å². The lowest BCUT2D eigenvalue weighted by molar-refractivity contribution is -0.141. The number of benzene rings is 2. The molecule has 0 saturated carbocycles. The summed E-state index contributed by atoms with van der Waals surface area (Å²) in [5.41, 5.74) is 9.45. The summed E-state index contributed by atoms with van der Waals surface area (Å²) in [4.78, 5) is 23.9. The van der Waals surface area contributed by atoms with Gasteiger partial charge in [-0.2, -0.15) is 0 Å². The first-order chi connectivity index (χ1) is 12.0. The van der Waals surface area contributed by atoms with Crippen LogP contribution in [0.25, 0.3) is 0 Å². The predicted molar refractivity (Wildman–Crippen MR) is 93.9 cm³/mol. The standard InChI is InChI=1S/C19H22N2O4/c20-17(22)19(18(21)23,11-13-24-15-7-3-1-4-8-15)12-14-25-16-9-5-2-6-10-16/h1-10H,11-14H2,(H2,20,22)(H2,21,23). The number of nitrogens with two attached hydrogens (primary N) is 2. The second-order valence-corrected chi connectivity index (χ2v) is 5.63. The number of ether oxygens (including phenoxy) is 2. The lowest BCUT2D eigenvalue weighted by Gasteiger charge is -2.27. The topological polar surface area (TPSA) is 105 Å². The minimum absolute atomic E-state index is 0.0880. The fraction of sp³-hybridized carbons (Fsp3) is 0.263. The van der Waals surface area contributed by atoms with E-state index in [9.17, 15) is 9.59 Å². The Labute approximate surface area is 146 Å². The smallest absolute Gasteiger partial charge is 0.233 e. The van der Waals surface area contributed by atoms with Gasteiger partial charge in [-0.15, -0.1) is 0 Å². The van der Waals surface area contributed by atoms with Gasteiger partial charge in [0.1, 0.15) is 16.9 Å². The highest BCUT2D eigenvalue weighted by Crippen LogP contribution is 2.27. The largest absolute Gasteiger partial charge is 0.494 e. The first-order valence-corrected chi connectivity index (χ1v) is 8.00. The molecule has 0 bridgehead atoms.